The van der Waals surface area contributed by atoms with Gasteiger partial charge in [0.05, 0.1) is 36.4 Å². The number of esters is 1. The third-order valence-electron chi connectivity index (χ3n) is 10.3. The van der Waals surface area contributed by atoms with Crippen molar-refractivity contribution in [2.45, 2.75) is 141 Å². The van der Waals surface area contributed by atoms with Gasteiger partial charge in [0.1, 0.15) is 11.7 Å². The van der Waals surface area contributed by atoms with Gasteiger partial charge in [0, 0.05) is 57.6 Å². The lowest BCUT2D eigenvalue weighted by atomic mass is 9.88. The van der Waals surface area contributed by atoms with Crippen molar-refractivity contribution >= 4 is 12.1 Å². The van der Waals surface area contributed by atoms with E-state index in [4.69, 9.17) is 18.9 Å². The van der Waals surface area contributed by atoms with Gasteiger partial charge in [-0.15, -0.1) is 0 Å². The Kier molecular flexibility index (Phi) is 14.7. The first kappa shape index (κ1) is 40.2. The fourth-order valence-corrected chi connectivity index (χ4v) is 6.61. The number of methoxy groups -OCH3 is 1. The van der Waals surface area contributed by atoms with Crippen LogP contribution in [0.5, 0.6) is 0 Å². The molecule has 11 nitrogen and oxygen atoms in total. The summed E-state index contributed by atoms with van der Waals surface area (Å²) in [5, 5.41) is 31.9. The van der Waals surface area contributed by atoms with Crippen molar-refractivity contribution in [2.75, 3.05) is 33.3 Å². The van der Waals surface area contributed by atoms with E-state index in [1.165, 1.54) is 0 Å². The monoisotopic (exact) mass is 678 g/mol. The smallest absolute Gasteiger partial charge is 0.410 e. The molecule has 3 N–H and O–H groups in total. The van der Waals surface area contributed by atoms with Gasteiger partial charge in [-0.05, 0) is 65.5 Å². The van der Waals surface area contributed by atoms with Crippen LogP contribution in [0.25, 0.3) is 0 Å². The lowest BCUT2D eigenvalue weighted by Crippen LogP contribution is -2.53. The van der Waals surface area contributed by atoms with Crippen molar-refractivity contribution in [3.8, 4) is 0 Å². The highest BCUT2D eigenvalue weighted by Gasteiger charge is 2.47. The van der Waals surface area contributed by atoms with Gasteiger partial charge < -0.3 is 39.2 Å². The maximum absolute atomic E-state index is 13.4. The molecule has 3 aliphatic rings. The fourth-order valence-electron chi connectivity index (χ4n) is 6.61. The van der Waals surface area contributed by atoms with E-state index in [1.807, 2.05) is 46.8 Å². The first-order valence-electron chi connectivity index (χ1n) is 17.7. The van der Waals surface area contributed by atoms with Crippen LogP contribution in [0.4, 0.5) is 4.79 Å². The largest absolute Gasteiger partial charge is 0.457 e. The Balaban J connectivity index is 1.77. The summed E-state index contributed by atoms with van der Waals surface area (Å²) < 4.78 is 23.7. The maximum atomic E-state index is 13.4. The molecule has 0 aromatic heterocycles. The number of rotatable bonds is 11. The summed E-state index contributed by atoms with van der Waals surface area (Å²) in [5.41, 5.74) is -1.35. The summed E-state index contributed by atoms with van der Waals surface area (Å²) in [5.74, 6) is -0.837. The third-order valence-corrected chi connectivity index (χ3v) is 10.3. The van der Waals surface area contributed by atoms with Crippen LogP contribution in [-0.2, 0) is 23.7 Å². The molecule has 0 bridgehead atoms. The Labute approximate surface area is 287 Å². The standard InChI is InChI=1S/C37H62N2O9/c1-10-29(41)27(6)34-30(46-34)23-36(7,44)16-11-12-25(4)33-26(5)13-14-31(37(8,45-9)17-15-28(40)22-32(42)48-33)47-35(43)39-20-18-38(19-21-39)24(2)3/h11-14,16,24,26-31,33-34,40-41,44H,10,15,17-23H2,1-9H3/b14-13+,16-11+,25-12+. The van der Waals surface area contributed by atoms with Crippen molar-refractivity contribution < 1.29 is 43.9 Å². The second kappa shape index (κ2) is 17.6. The summed E-state index contributed by atoms with van der Waals surface area (Å²) in [4.78, 5) is 30.4. The minimum absolute atomic E-state index is 0.00363. The van der Waals surface area contributed by atoms with Crippen LogP contribution in [0.2, 0.25) is 0 Å². The summed E-state index contributed by atoms with van der Waals surface area (Å²) in [6, 6.07) is 0.408. The van der Waals surface area contributed by atoms with Crippen molar-refractivity contribution in [3.05, 3.63) is 36.0 Å². The van der Waals surface area contributed by atoms with Crippen molar-refractivity contribution in [1.29, 1.82) is 0 Å². The molecule has 3 aliphatic heterocycles. The number of amides is 1. The van der Waals surface area contributed by atoms with Crippen LogP contribution in [0, 0.1) is 11.8 Å². The molecular weight excluding hydrogens is 616 g/mol. The molecule has 3 rings (SSSR count). The van der Waals surface area contributed by atoms with Crippen molar-refractivity contribution in [3.63, 3.8) is 0 Å². The van der Waals surface area contributed by atoms with Gasteiger partial charge in [-0.1, -0.05) is 45.1 Å². The minimum atomic E-state index is -1.14. The van der Waals surface area contributed by atoms with Crippen LogP contribution in [0.1, 0.15) is 87.5 Å². The number of allylic oxidation sites excluding steroid dienone is 2. The molecule has 10 unspecified atom stereocenters. The van der Waals surface area contributed by atoms with Crippen molar-refractivity contribution in [1.82, 2.24) is 9.80 Å². The molecule has 2 saturated heterocycles. The predicted molar refractivity (Wildman–Crippen MR) is 184 cm³/mol. The molecule has 1 amide bonds. The lowest BCUT2D eigenvalue weighted by molar-refractivity contribution is -0.151. The highest BCUT2D eigenvalue weighted by molar-refractivity contribution is 5.70. The van der Waals surface area contributed by atoms with Crippen LogP contribution in [0.3, 0.4) is 0 Å². The van der Waals surface area contributed by atoms with E-state index < -0.39 is 47.7 Å². The molecule has 2 fully saturated rings. The summed E-state index contributed by atoms with van der Waals surface area (Å²) in [6.45, 7) is 18.2. The number of hydrogen-bond acceptors (Lipinski definition) is 10. The average molecular weight is 679 g/mol. The van der Waals surface area contributed by atoms with Gasteiger partial charge in [0.15, 0.2) is 6.10 Å². The van der Waals surface area contributed by atoms with E-state index in [-0.39, 0.29) is 36.9 Å². The van der Waals surface area contributed by atoms with E-state index >= 15 is 0 Å². The number of nitrogens with zero attached hydrogens (tertiary/aromatic N) is 2. The maximum Gasteiger partial charge on any atom is 0.410 e. The quantitative estimate of drug-likeness (QED) is 0.125. The molecule has 0 radical (unpaired) electrons. The number of carbonyl (C=O) groups excluding carboxylic acids is 2. The first-order valence-corrected chi connectivity index (χ1v) is 17.7. The molecular formula is C37H62N2O9. The SMILES string of the molecule is CCC(O)C(C)C1OC1CC(C)(O)/C=C/C=C(\C)C1OC(=O)CC(O)CCC(C)(OC)C(OC(=O)N2CCN(C(C)C)CC2)/C=C/C1C. The molecule has 48 heavy (non-hydrogen) atoms. The molecule has 0 spiro atoms. The minimum Gasteiger partial charge on any atom is -0.457 e. The van der Waals surface area contributed by atoms with E-state index in [0.717, 1.165) is 18.7 Å². The average Bonchev–Trinajstić information content (AvgIpc) is 3.80. The summed E-state index contributed by atoms with van der Waals surface area (Å²) in [6.07, 6.45) is 6.99. The summed E-state index contributed by atoms with van der Waals surface area (Å²) in [7, 11) is 1.56. The van der Waals surface area contributed by atoms with Crippen molar-refractivity contribution in [2.24, 2.45) is 11.8 Å². The number of ether oxygens (including phenoxy) is 4. The first-order chi connectivity index (χ1) is 22.5. The summed E-state index contributed by atoms with van der Waals surface area (Å²) >= 11 is 0. The molecule has 11 heteroatoms. The van der Waals surface area contributed by atoms with Crippen LogP contribution < -0.4 is 0 Å². The normalized spacial score (nSPS) is 34.5. The molecule has 0 saturated carbocycles. The van der Waals surface area contributed by atoms with E-state index in [9.17, 15) is 24.9 Å². The van der Waals surface area contributed by atoms with Gasteiger partial charge in [0.2, 0.25) is 0 Å². The van der Waals surface area contributed by atoms with Gasteiger partial charge in [-0.25, -0.2) is 4.79 Å². The van der Waals surface area contributed by atoms with Gasteiger partial charge in [-0.3, -0.25) is 9.69 Å². The second-order valence-electron chi connectivity index (χ2n) is 14.8. The number of epoxide rings is 1. The molecule has 0 aromatic rings. The number of aliphatic hydroxyl groups is 3. The highest BCUT2D eigenvalue weighted by atomic mass is 16.6. The zero-order valence-corrected chi connectivity index (χ0v) is 30.6. The third kappa shape index (κ3) is 11.4. The van der Waals surface area contributed by atoms with Gasteiger partial charge in [-0.2, -0.15) is 0 Å². The number of aliphatic hydroxyl groups excluding tert-OH is 2. The van der Waals surface area contributed by atoms with Gasteiger partial charge >= 0.3 is 12.1 Å². The number of piperazine rings is 1. The Morgan fingerprint density at radius 3 is 2.48 bits per heavy atom. The molecule has 3 heterocycles. The molecule has 0 aliphatic carbocycles. The molecule has 274 valence electrons. The van der Waals surface area contributed by atoms with E-state index in [2.05, 4.69) is 18.7 Å². The number of carbonyl (C=O) groups is 2. The number of cyclic esters (lactones) is 1. The predicted octanol–water partition coefficient (Wildman–Crippen LogP) is 4.39. The molecule has 0 aromatic carbocycles. The van der Waals surface area contributed by atoms with Crippen LogP contribution >= 0.6 is 0 Å². The lowest BCUT2D eigenvalue weighted by Gasteiger charge is -2.39. The van der Waals surface area contributed by atoms with Gasteiger partial charge in [0.25, 0.3) is 0 Å². The zero-order chi connectivity index (χ0) is 35.8. The topological polar surface area (TPSA) is 142 Å². The Morgan fingerprint density at radius 2 is 1.88 bits per heavy atom. The Bertz CT molecular complexity index is 1150. The Hall–Kier alpha value is -2.28. The zero-order valence-electron chi connectivity index (χ0n) is 30.6. The highest BCUT2D eigenvalue weighted by Crippen LogP contribution is 2.37. The second-order valence-corrected chi connectivity index (χ2v) is 14.8. The fraction of sp³-hybridized carbons (Fsp3) is 0.784. The van der Waals surface area contributed by atoms with Crippen LogP contribution in [0.15, 0.2) is 36.0 Å². The van der Waals surface area contributed by atoms with E-state index in [0.29, 0.717) is 38.4 Å². The Morgan fingerprint density at radius 1 is 1.21 bits per heavy atom. The number of hydrogen-bond donors (Lipinski definition) is 3. The molecule has 10 atom stereocenters. The van der Waals surface area contributed by atoms with E-state index in [1.54, 1.807) is 37.2 Å². The van der Waals surface area contributed by atoms with Crippen LogP contribution in [-0.4, -0.2) is 124 Å².